The Bertz CT molecular complexity index is 416. The van der Waals surface area contributed by atoms with E-state index in [1.165, 1.54) is 32.1 Å². The lowest BCUT2D eigenvalue weighted by Gasteiger charge is -2.32. The molecule has 3 nitrogen and oxygen atoms in total. The van der Waals surface area contributed by atoms with Gasteiger partial charge in [0.15, 0.2) is 0 Å². The molecule has 0 aromatic heterocycles. The highest BCUT2D eigenvalue weighted by atomic mass is 16.6. The largest absolute Gasteiger partial charge is 0.478 e. The van der Waals surface area contributed by atoms with Gasteiger partial charge in [0.25, 0.3) is 0 Å². The number of hydrogen-bond donors (Lipinski definition) is 1. The van der Waals surface area contributed by atoms with E-state index in [-0.39, 0.29) is 17.6 Å². The van der Waals surface area contributed by atoms with E-state index in [0.717, 1.165) is 18.4 Å². The molecule has 0 bridgehead atoms. The van der Waals surface area contributed by atoms with Crippen LogP contribution in [0.4, 0.5) is 0 Å². The van der Waals surface area contributed by atoms with Crippen LogP contribution in [0.3, 0.4) is 0 Å². The number of hydrogen-bond acceptors (Lipinski definition) is 2. The Hall–Kier alpha value is -0.830. The molecule has 2 atom stereocenters. The van der Waals surface area contributed by atoms with Gasteiger partial charge in [-0.1, -0.05) is 46.0 Å². The van der Waals surface area contributed by atoms with Crippen molar-refractivity contribution in [1.82, 2.24) is 0 Å². The molecule has 19 heavy (non-hydrogen) atoms. The normalized spacial score (nSPS) is 34.0. The molecule has 0 aromatic rings. The van der Waals surface area contributed by atoms with Gasteiger partial charge in [-0.05, 0) is 29.7 Å². The lowest BCUT2D eigenvalue weighted by atomic mass is 9.70. The first kappa shape index (κ1) is 13.2. The molecular weight excluding hydrogens is 240 g/mol. The summed E-state index contributed by atoms with van der Waals surface area (Å²) in [6, 6.07) is 0. The first-order valence-electron chi connectivity index (χ1n) is 7.61. The first-order chi connectivity index (χ1) is 8.99. The minimum atomic E-state index is -0.732. The Morgan fingerprint density at radius 1 is 1.32 bits per heavy atom. The maximum absolute atomic E-state index is 11.7. The summed E-state index contributed by atoms with van der Waals surface area (Å²) >= 11 is 0. The van der Waals surface area contributed by atoms with Crippen molar-refractivity contribution in [2.45, 2.75) is 71.0 Å². The molecule has 1 saturated carbocycles. The molecular formula is C16H24O3. The van der Waals surface area contributed by atoms with Gasteiger partial charge < -0.3 is 9.84 Å². The third-order valence-corrected chi connectivity index (χ3v) is 5.08. The molecule has 1 saturated heterocycles. The molecule has 0 aromatic carbocycles. The third-order valence-electron chi connectivity index (χ3n) is 5.08. The molecule has 1 aliphatic heterocycles. The molecule has 0 amide bonds. The summed E-state index contributed by atoms with van der Waals surface area (Å²) in [6.07, 6.45) is 8.69. The highest BCUT2D eigenvalue weighted by molar-refractivity contribution is 5.90. The van der Waals surface area contributed by atoms with Crippen LogP contribution in [-0.2, 0) is 9.53 Å². The number of fused-ring (bicyclic) bond motifs is 1. The smallest absolute Gasteiger partial charge is 0.332 e. The topological polar surface area (TPSA) is 49.8 Å². The fourth-order valence-electron chi connectivity index (χ4n) is 4.13. The summed E-state index contributed by atoms with van der Waals surface area (Å²) in [5.41, 5.74) is 1.52. The molecule has 2 unspecified atom stereocenters. The van der Waals surface area contributed by atoms with E-state index < -0.39 is 5.97 Å². The van der Waals surface area contributed by atoms with Crippen molar-refractivity contribution in [2.24, 2.45) is 11.3 Å². The van der Waals surface area contributed by atoms with E-state index in [4.69, 9.17) is 4.74 Å². The maximum atomic E-state index is 11.7. The van der Waals surface area contributed by atoms with Gasteiger partial charge in [-0.25, -0.2) is 4.79 Å². The Kier molecular flexibility index (Phi) is 3.20. The minimum Gasteiger partial charge on any atom is -0.478 e. The van der Waals surface area contributed by atoms with Crippen molar-refractivity contribution < 1.29 is 14.6 Å². The SMILES string of the molecule is CC1(C)CC2OC2C(CC2CCCCC2)=C1C(=O)O. The van der Waals surface area contributed by atoms with Gasteiger partial charge in [-0.3, -0.25) is 0 Å². The minimum absolute atomic E-state index is 0.126. The summed E-state index contributed by atoms with van der Waals surface area (Å²) in [6.45, 7) is 4.10. The van der Waals surface area contributed by atoms with Crippen molar-refractivity contribution in [3.8, 4) is 0 Å². The van der Waals surface area contributed by atoms with Crippen LogP contribution in [0.1, 0.15) is 58.8 Å². The van der Waals surface area contributed by atoms with Crippen LogP contribution in [0.25, 0.3) is 0 Å². The second-order valence-corrected chi connectivity index (χ2v) is 7.10. The zero-order valence-electron chi connectivity index (χ0n) is 11.9. The summed E-state index contributed by atoms with van der Waals surface area (Å²) in [5, 5.41) is 9.60. The van der Waals surface area contributed by atoms with Gasteiger partial charge in [0.2, 0.25) is 0 Å². The van der Waals surface area contributed by atoms with Crippen LogP contribution in [0.15, 0.2) is 11.1 Å². The van der Waals surface area contributed by atoms with E-state index >= 15 is 0 Å². The highest BCUT2D eigenvalue weighted by Gasteiger charge is 2.53. The van der Waals surface area contributed by atoms with Gasteiger partial charge in [0.05, 0.1) is 6.10 Å². The quantitative estimate of drug-likeness (QED) is 0.793. The Balaban J connectivity index is 1.87. The van der Waals surface area contributed by atoms with Gasteiger partial charge in [0, 0.05) is 5.57 Å². The van der Waals surface area contributed by atoms with Crippen molar-refractivity contribution in [2.75, 3.05) is 0 Å². The standard InChI is InChI=1S/C16H24O3/c1-16(2)9-12-14(19-12)11(13(16)15(17)18)8-10-6-4-3-5-7-10/h10,12,14H,3-9H2,1-2H3,(H,17,18). The van der Waals surface area contributed by atoms with Crippen LogP contribution in [-0.4, -0.2) is 23.3 Å². The van der Waals surface area contributed by atoms with E-state index in [2.05, 4.69) is 13.8 Å². The Morgan fingerprint density at radius 3 is 2.63 bits per heavy atom. The van der Waals surface area contributed by atoms with Crippen molar-refractivity contribution in [1.29, 1.82) is 0 Å². The number of epoxide rings is 1. The third kappa shape index (κ3) is 2.45. The lowest BCUT2D eigenvalue weighted by molar-refractivity contribution is -0.134. The number of carbonyl (C=O) groups is 1. The van der Waals surface area contributed by atoms with Gasteiger partial charge in [-0.2, -0.15) is 0 Å². The molecule has 2 fully saturated rings. The monoisotopic (exact) mass is 264 g/mol. The molecule has 1 heterocycles. The number of carboxylic acid groups (broad SMARTS) is 1. The number of ether oxygens (including phenoxy) is 1. The highest BCUT2D eigenvalue weighted by Crippen LogP contribution is 2.51. The average Bonchev–Trinajstić information content (AvgIpc) is 3.07. The van der Waals surface area contributed by atoms with Gasteiger partial charge in [-0.15, -0.1) is 0 Å². The van der Waals surface area contributed by atoms with Crippen LogP contribution < -0.4 is 0 Å². The molecule has 3 rings (SSSR count). The van der Waals surface area contributed by atoms with E-state index in [1.54, 1.807) is 0 Å². The number of aliphatic carboxylic acids is 1. The fourth-order valence-corrected chi connectivity index (χ4v) is 4.13. The van der Waals surface area contributed by atoms with Crippen LogP contribution in [0.2, 0.25) is 0 Å². The number of carboxylic acids is 1. The van der Waals surface area contributed by atoms with E-state index in [1.807, 2.05) is 0 Å². The summed E-state index contributed by atoms with van der Waals surface area (Å²) in [5.74, 6) is -0.0541. The first-order valence-corrected chi connectivity index (χ1v) is 7.61. The van der Waals surface area contributed by atoms with E-state index in [0.29, 0.717) is 11.5 Å². The molecule has 0 spiro atoms. The average molecular weight is 264 g/mol. The predicted molar refractivity (Wildman–Crippen MR) is 72.9 cm³/mol. The van der Waals surface area contributed by atoms with Gasteiger partial charge in [0.1, 0.15) is 6.10 Å². The zero-order valence-corrected chi connectivity index (χ0v) is 11.9. The van der Waals surface area contributed by atoms with Crippen molar-refractivity contribution in [3.05, 3.63) is 11.1 Å². The second-order valence-electron chi connectivity index (χ2n) is 7.10. The van der Waals surface area contributed by atoms with Crippen LogP contribution >= 0.6 is 0 Å². The van der Waals surface area contributed by atoms with E-state index in [9.17, 15) is 9.90 Å². The molecule has 3 heteroatoms. The maximum Gasteiger partial charge on any atom is 0.332 e. The summed E-state index contributed by atoms with van der Waals surface area (Å²) in [4.78, 5) is 11.7. The second kappa shape index (κ2) is 4.62. The molecule has 3 aliphatic rings. The fraction of sp³-hybridized carbons (Fsp3) is 0.812. The molecule has 0 radical (unpaired) electrons. The summed E-state index contributed by atoms with van der Waals surface area (Å²) in [7, 11) is 0. The van der Waals surface area contributed by atoms with Crippen LogP contribution in [0, 0.1) is 11.3 Å². The van der Waals surface area contributed by atoms with Crippen LogP contribution in [0.5, 0.6) is 0 Å². The Morgan fingerprint density at radius 2 is 2.00 bits per heavy atom. The lowest BCUT2D eigenvalue weighted by Crippen LogP contribution is -2.31. The zero-order chi connectivity index (χ0) is 13.6. The number of rotatable bonds is 3. The van der Waals surface area contributed by atoms with Crippen molar-refractivity contribution in [3.63, 3.8) is 0 Å². The van der Waals surface area contributed by atoms with Gasteiger partial charge >= 0.3 is 5.97 Å². The summed E-state index contributed by atoms with van der Waals surface area (Å²) < 4.78 is 5.73. The Labute approximate surface area is 115 Å². The molecule has 2 aliphatic carbocycles. The molecule has 1 N–H and O–H groups in total. The predicted octanol–water partition coefficient (Wildman–Crippen LogP) is 3.54. The molecule has 106 valence electrons. The van der Waals surface area contributed by atoms with Crippen molar-refractivity contribution >= 4 is 5.97 Å².